The van der Waals surface area contributed by atoms with Gasteiger partial charge in [-0.15, -0.1) is 0 Å². The Morgan fingerprint density at radius 2 is 2.40 bits per heavy atom. The van der Waals surface area contributed by atoms with Gasteiger partial charge in [0, 0.05) is 19.2 Å². The third kappa shape index (κ3) is 3.97. The first-order valence-electron chi connectivity index (χ1n) is 5.01. The van der Waals surface area contributed by atoms with Crippen molar-refractivity contribution in [2.45, 2.75) is 32.9 Å². The number of aromatic amines is 1. The summed E-state index contributed by atoms with van der Waals surface area (Å²) in [5.41, 5.74) is 0. The molecule has 0 saturated heterocycles. The van der Waals surface area contributed by atoms with Gasteiger partial charge in [-0.1, -0.05) is 19.1 Å². The van der Waals surface area contributed by atoms with Crippen molar-refractivity contribution in [3.63, 3.8) is 0 Å². The van der Waals surface area contributed by atoms with E-state index in [1.807, 2.05) is 6.07 Å². The molecule has 0 amide bonds. The summed E-state index contributed by atoms with van der Waals surface area (Å²) in [5, 5.41) is 3.31. The highest BCUT2D eigenvalue weighted by Gasteiger charge is 2.01. The molecule has 0 fully saturated rings. The highest BCUT2D eigenvalue weighted by molar-refractivity contribution is 7.71. The van der Waals surface area contributed by atoms with E-state index >= 15 is 0 Å². The molecule has 1 aromatic rings. The van der Waals surface area contributed by atoms with Gasteiger partial charge in [-0.2, -0.15) is 0 Å². The molecule has 84 valence electrons. The van der Waals surface area contributed by atoms with Crippen molar-refractivity contribution in [2.75, 3.05) is 12.4 Å². The third-order valence-corrected chi connectivity index (χ3v) is 2.30. The van der Waals surface area contributed by atoms with Gasteiger partial charge in [0.1, 0.15) is 22.9 Å². The van der Waals surface area contributed by atoms with Gasteiger partial charge >= 0.3 is 0 Å². The lowest BCUT2D eigenvalue weighted by Crippen LogP contribution is -2.15. The lowest BCUT2D eigenvalue weighted by Gasteiger charge is -2.13. The molecule has 2 N–H and O–H groups in total. The highest BCUT2D eigenvalue weighted by Crippen LogP contribution is 2.07. The largest absolute Gasteiger partial charge is 0.377 e. The van der Waals surface area contributed by atoms with Crippen LogP contribution in [0.2, 0.25) is 0 Å². The lowest BCUT2D eigenvalue weighted by atomic mass is 10.2. The summed E-state index contributed by atoms with van der Waals surface area (Å²) in [6, 6.07) is 2.23. The molecule has 1 atom stereocenters. The van der Waals surface area contributed by atoms with Crippen LogP contribution in [0.4, 0.5) is 5.82 Å². The van der Waals surface area contributed by atoms with Crippen LogP contribution in [-0.4, -0.2) is 23.1 Å². The standard InChI is InChI=1S/C10H17N3OS/c1-4-7(2)11-8-5-10(15)13-9(12-8)6-14-3/h5,7H,4,6H2,1-3H3,(H2,11,12,13,15). The van der Waals surface area contributed by atoms with E-state index in [1.165, 1.54) is 0 Å². The first-order chi connectivity index (χ1) is 7.15. The number of methoxy groups -OCH3 is 1. The zero-order chi connectivity index (χ0) is 11.3. The highest BCUT2D eigenvalue weighted by atomic mass is 32.1. The van der Waals surface area contributed by atoms with Crippen molar-refractivity contribution < 1.29 is 4.74 Å². The maximum atomic E-state index is 5.06. The van der Waals surface area contributed by atoms with Crippen molar-refractivity contribution in [3.8, 4) is 0 Å². The van der Waals surface area contributed by atoms with Crippen LogP contribution in [0.5, 0.6) is 0 Å². The van der Waals surface area contributed by atoms with E-state index in [4.69, 9.17) is 17.0 Å². The molecule has 1 unspecified atom stereocenters. The van der Waals surface area contributed by atoms with Crippen LogP contribution in [0, 0.1) is 4.64 Å². The summed E-state index contributed by atoms with van der Waals surface area (Å²) in [6.45, 7) is 4.69. The second-order valence-electron chi connectivity index (χ2n) is 3.47. The number of nitrogens with one attached hydrogen (secondary N) is 2. The summed E-state index contributed by atoms with van der Waals surface area (Å²) in [7, 11) is 1.63. The number of ether oxygens (including phenoxy) is 1. The van der Waals surface area contributed by atoms with Crippen LogP contribution in [0.15, 0.2) is 6.07 Å². The molecule has 1 aromatic heterocycles. The van der Waals surface area contributed by atoms with E-state index < -0.39 is 0 Å². The SMILES string of the molecule is CCC(C)Nc1cc(=S)nc(COC)[nH]1. The number of hydrogen-bond acceptors (Lipinski definition) is 4. The molecule has 4 nitrogen and oxygen atoms in total. The maximum Gasteiger partial charge on any atom is 0.135 e. The number of nitrogens with zero attached hydrogens (tertiary/aromatic N) is 1. The van der Waals surface area contributed by atoms with E-state index in [1.54, 1.807) is 7.11 Å². The Morgan fingerprint density at radius 3 is 3.00 bits per heavy atom. The quantitative estimate of drug-likeness (QED) is 0.759. The van der Waals surface area contributed by atoms with E-state index in [0.29, 0.717) is 17.3 Å². The van der Waals surface area contributed by atoms with Gasteiger partial charge in [0.25, 0.3) is 0 Å². The number of hydrogen-bond donors (Lipinski definition) is 2. The predicted octanol–water partition coefficient (Wildman–Crippen LogP) is 2.50. The molecular formula is C10H17N3OS. The van der Waals surface area contributed by atoms with E-state index in [-0.39, 0.29) is 0 Å². The Bertz CT molecular complexity index is 364. The minimum absolute atomic E-state index is 0.411. The fourth-order valence-corrected chi connectivity index (χ4v) is 1.39. The number of anilines is 1. The van der Waals surface area contributed by atoms with Gasteiger partial charge in [0.05, 0.1) is 0 Å². The Hall–Kier alpha value is -0.940. The molecule has 0 spiro atoms. The molecule has 15 heavy (non-hydrogen) atoms. The normalized spacial score (nSPS) is 12.5. The molecule has 0 radical (unpaired) electrons. The van der Waals surface area contributed by atoms with Crippen molar-refractivity contribution in [1.29, 1.82) is 0 Å². The van der Waals surface area contributed by atoms with Crippen LogP contribution in [0.3, 0.4) is 0 Å². The van der Waals surface area contributed by atoms with Crippen molar-refractivity contribution in [3.05, 3.63) is 16.5 Å². The van der Waals surface area contributed by atoms with Crippen molar-refractivity contribution in [1.82, 2.24) is 9.97 Å². The summed E-state index contributed by atoms with van der Waals surface area (Å²) in [5.74, 6) is 1.65. The number of aromatic nitrogens is 2. The van der Waals surface area contributed by atoms with Crippen molar-refractivity contribution in [2.24, 2.45) is 0 Å². The van der Waals surface area contributed by atoms with Crippen molar-refractivity contribution >= 4 is 18.0 Å². The molecule has 0 saturated carbocycles. The lowest BCUT2D eigenvalue weighted by molar-refractivity contribution is 0.178. The Kier molecular flexibility index (Phi) is 4.71. The first kappa shape index (κ1) is 12.1. The van der Waals surface area contributed by atoms with E-state index in [0.717, 1.165) is 18.1 Å². The molecule has 0 bridgehead atoms. The molecule has 5 heteroatoms. The average molecular weight is 227 g/mol. The van der Waals surface area contributed by atoms with E-state index in [2.05, 4.69) is 29.1 Å². The average Bonchev–Trinajstić information content (AvgIpc) is 2.17. The van der Waals surface area contributed by atoms with Crippen LogP contribution in [0.25, 0.3) is 0 Å². The Balaban J connectivity index is 2.83. The maximum absolute atomic E-state index is 5.06. The van der Waals surface area contributed by atoms with Crippen LogP contribution in [0.1, 0.15) is 26.1 Å². The number of H-pyrrole nitrogens is 1. The van der Waals surface area contributed by atoms with Gasteiger partial charge < -0.3 is 15.0 Å². The van der Waals surface area contributed by atoms with Crippen LogP contribution < -0.4 is 5.32 Å². The summed E-state index contributed by atoms with van der Waals surface area (Å²) in [6.07, 6.45) is 1.06. The Morgan fingerprint density at radius 1 is 1.67 bits per heavy atom. The molecule has 0 aliphatic rings. The van der Waals surface area contributed by atoms with E-state index in [9.17, 15) is 0 Å². The Labute approximate surface area is 95.1 Å². The zero-order valence-corrected chi connectivity index (χ0v) is 10.1. The fraction of sp³-hybridized carbons (Fsp3) is 0.600. The second-order valence-corrected chi connectivity index (χ2v) is 3.88. The van der Waals surface area contributed by atoms with Gasteiger partial charge in [-0.3, -0.25) is 0 Å². The molecule has 0 aromatic carbocycles. The molecule has 0 aliphatic heterocycles. The fourth-order valence-electron chi connectivity index (χ4n) is 1.16. The van der Waals surface area contributed by atoms with Gasteiger partial charge in [0.2, 0.25) is 0 Å². The minimum atomic E-state index is 0.411. The smallest absolute Gasteiger partial charge is 0.135 e. The summed E-state index contributed by atoms with van der Waals surface area (Å²) < 4.78 is 5.58. The number of rotatable bonds is 5. The van der Waals surface area contributed by atoms with Crippen LogP contribution >= 0.6 is 12.2 Å². The molecule has 1 heterocycles. The monoisotopic (exact) mass is 227 g/mol. The molecule has 0 aliphatic carbocycles. The van der Waals surface area contributed by atoms with Crippen LogP contribution in [-0.2, 0) is 11.3 Å². The molecule has 1 rings (SSSR count). The molecular weight excluding hydrogens is 210 g/mol. The predicted molar refractivity (Wildman–Crippen MR) is 63.5 cm³/mol. The second kappa shape index (κ2) is 5.82. The zero-order valence-electron chi connectivity index (χ0n) is 9.33. The van der Waals surface area contributed by atoms with Gasteiger partial charge in [0.15, 0.2) is 0 Å². The third-order valence-electron chi connectivity index (χ3n) is 2.09. The summed E-state index contributed by atoms with van der Waals surface area (Å²) >= 11 is 5.06. The summed E-state index contributed by atoms with van der Waals surface area (Å²) in [4.78, 5) is 7.29. The first-order valence-corrected chi connectivity index (χ1v) is 5.42. The van der Waals surface area contributed by atoms with Gasteiger partial charge in [-0.25, -0.2) is 4.98 Å². The van der Waals surface area contributed by atoms with Gasteiger partial charge in [-0.05, 0) is 13.3 Å². The topological polar surface area (TPSA) is 49.9 Å². The minimum Gasteiger partial charge on any atom is -0.377 e.